The van der Waals surface area contributed by atoms with Crippen LogP contribution >= 0.6 is 0 Å². The minimum Gasteiger partial charge on any atom is -0.398 e. The summed E-state index contributed by atoms with van der Waals surface area (Å²) in [4.78, 5) is 16.2. The van der Waals surface area contributed by atoms with Crippen LogP contribution in [0.3, 0.4) is 0 Å². The zero-order valence-corrected chi connectivity index (χ0v) is 11.1. The Labute approximate surface area is 110 Å². The maximum absolute atomic E-state index is 13.7. The van der Waals surface area contributed by atoms with E-state index in [1.54, 1.807) is 0 Å². The number of anilines is 1. The van der Waals surface area contributed by atoms with Crippen LogP contribution in [0, 0.1) is 5.82 Å². The Hall–Kier alpha value is -2.17. The van der Waals surface area contributed by atoms with Gasteiger partial charge in [0.05, 0.1) is 0 Å². The molecule has 2 rings (SSSR count). The van der Waals surface area contributed by atoms with Crippen LogP contribution in [0.5, 0.6) is 0 Å². The van der Waals surface area contributed by atoms with E-state index in [0.29, 0.717) is 16.5 Å². The van der Waals surface area contributed by atoms with Crippen LogP contribution in [0.25, 0.3) is 10.8 Å². The predicted octanol–water partition coefficient (Wildman–Crippen LogP) is 2.48. The summed E-state index contributed by atoms with van der Waals surface area (Å²) in [5.74, 6) is -0.785. The van der Waals surface area contributed by atoms with Gasteiger partial charge in [-0.05, 0) is 39.0 Å². The van der Waals surface area contributed by atoms with Gasteiger partial charge in [0.1, 0.15) is 11.5 Å². The Balaban J connectivity index is 2.62. The summed E-state index contributed by atoms with van der Waals surface area (Å²) in [5.41, 5.74) is 5.92. The molecule has 100 valence electrons. The number of nitrogens with two attached hydrogens (primary N) is 1. The van der Waals surface area contributed by atoms with Crippen LogP contribution in [0.15, 0.2) is 24.4 Å². The topological polar surface area (TPSA) is 68.0 Å². The summed E-state index contributed by atoms with van der Waals surface area (Å²) in [6.45, 7) is 5.58. The quantitative estimate of drug-likeness (QED) is 0.775. The van der Waals surface area contributed by atoms with E-state index in [9.17, 15) is 9.18 Å². The average molecular weight is 261 g/mol. The van der Waals surface area contributed by atoms with Crippen molar-refractivity contribution in [2.24, 2.45) is 0 Å². The lowest BCUT2D eigenvalue weighted by Crippen LogP contribution is -2.41. The molecule has 0 aliphatic rings. The van der Waals surface area contributed by atoms with Gasteiger partial charge in [-0.1, -0.05) is 0 Å². The van der Waals surface area contributed by atoms with Crippen molar-refractivity contribution in [1.82, 2.24) is 10.3 Å². The van der Waals surface area contributed by atoms with Crippen LogP contribution in [-0.4, -0.2) is 16.4 Å². The first-order valence-corrected chi connectivity index (χ1v) is 5.95. The smallest absolute Gasteiger partial charge is 0.271 e. The standard InChI is InChI=1S/C14H16FN3O/c1-14(2,3)18-13(19)12-11-8(6-7-17-12)9(15)4-5-10(11)16/h4-7H,16H2,1-3H3,(H,18,19). The highest BCUT2D eigenvalue weighted by Gasteiger charge is 2.20. The fourth-order valence-corrected chi connectivity index (χ4v) is 1.86. The number of fused-ring (bicyclic) bond motifs is 1. The number of rotatable bonds is 1. The lowest BCUT2D eigenvalue weighted by molar-refractivity contribution is 0.0916. The molecule has 0 saturated carbocycles. The zero-order valence-electron chi connectivity index (χ0n) is 11.1. The van der Waals surface area contributed by atoms with Gasteiger partial charge in [0.15, 0.2) is 0 Å². The molecule has 1 heterocycles. The van der Waals surface area contributed by atoms with E-state index in [4.69, 9.17) is 5.73 Å². The van der Waals surface area contributed by atoms with Gasteiger partial charge in [-0.15, -0.1) is 0 Å². The SMILES string of the molecule is CC(C)(C)NC(=O)c1nccc2c(F)ccc(N)c12. The highest BCUT2D eigenvalue weighted by atomic mass is 19.1. The third-order valence-electron chi connectivity index (χ3n) is 2.61. The normalized spacial score (nSPS) is 11.6. The zero-order chi connectivity index (χ0) is 14.2. The van der Waals surface area contributed by atoms with Gasteiger partial charge in [0.2, 0.25) is 0 Å². The number of nitrogen functional groups attached to an aromatic ring is 1. The van der Waals surface area contributed by atoms with E-state index in [2.05, 4.69) is 10.3 Å². The van der Waals surface area contributed by atoms with Crippen molar-refractivity contribution in [2.45, 2.75) is 26.3 Å². The summed E-state index contributed by atoms with van der Waals surface area (Å²) in [7, 11) is 0. The Morgan fingerprint density at radius 2 is 2.00 bits per heavy atom. The van der Waals surface area contributed by atoms with E-state index < -0.39 is 11.4 Å². The van der Waals surface area contributed by atoms with Crippen molar-refractivity contribution in [1.29, 1.82) is 0 Å². The number of carbonyl (C=O) groups is 1. The van der Waals surface area contributed by atoms with E-state index in [0.717, 1.165) is 0 Å². The molecule has 1 amide bonds. The van der Waals surface area contributed by atoms with E-state index in [1.165, 1.54) is 24.4 Å². The lowest BCUT2D eigenvalue weighted by Gasteiger charge is -2.20. The number of carbonyl (C=O) groups excluding carboxylic acids is 1. The molecule has 0 aliphatic heterocycles. The molecule has 0 aliphatic carbocycles. The van der Waals surface area contributed by atoms with Crippen molar-refractivity contribution >= 4 is 22.4 Å². The minimum absolute atomic E-state index is 0.143. The number of halogens is 1. The Morgan fingerprint density at radius 1 is 1.32 bits per heavy atom. The first-order valence-electron chi connectivity index (χ1n) is 5.95. The largest absolute Gasteiger partial charge is 0.398 e. The second-order valence-corrected chi connectivity index (χ2v) is 5.42. The lowest BCUT2D eigenvalue weighted by atomic mass is 10.0. The third-order valence-corrected chi connectivity index (χ3v) is 2.61. The predicted molar refractivity (Wildman–Crippen MR) is 73.3 cm³/mol. The molecule has 4 nitrogen and oxygen atoms in total. The van der Waals surface area contributed by atoms with Crippen LogP contribution in [0.4, 0.5) is 10.1 Å². The number of nitrogens with zero attached hydrogens (tertiary/aromatic N) is 1. The van der Waals surface area contributed by atoms with Gasteiger partial charge < -0.3 is 11.1 Å². The Kier molecular flexibility index (Phi) is 3.14. The van der Waals surface area contributed by atoms with Crippen LogP contribution < -0.4 is 11.1 Å². The Bertz CT molecular complexity index is 647. The summed E-state index contributed by atoms with van der Waals surface area (Å²) in [5, 5.41) is 3.45. The molecule has 19 heavy (non-hydrogen) atoms. The Morgan fingerprint density at radius 3 is 2.63 bits per heavy atom. The van der Waals surface area contributed by atoms with Crippen molar-refractivity contribution in [2.75, 3.05) is 5.73 Å². The van der Waals surface area contributed by atoms with Crippen molar-refractivity contribution in [3.05, 3.63) is 35.9 Å². The van der Waals surface area contributed by atoms with Crippen LogP contribution in [-0.2, 0) is 0 Å². The monoisotopic (exact) mass is 261 g/mol. The molecular weight excluding hydrogens is 245 g/mol. The number of benzene rings is 1. The summed E-state index contributed by atoms with van der Waals surface area (Å²) in [6.07, 6.45) is 1.41. The number of hydrogen-bond donors (Lipinski definition) is 2. The molecule has 1 aromatic carbocycles. The van der Waals surface area contributed by atoms with E-state index in [1.807, 2.05) is 20.8 Å². The summed E-state index contributed by atoms with van der Waals surface area (Å²) in [6, 6.07) is 4.23. The summed E-state index contributed by atoms with van der Waals surface area (Å²) >= 11 is 0. The third kappa shape index (κ3) is 2.65. The molecule has 0 saturated heterocycles. The maximum Gasteiger partial charge on any atom is 0.271 e. The second-order valence-electron chi connectivity index (χ2n) is 5.42. The van der Waals surface area contributed by atoms with Gasteiger partial charge >= 0.3 is 0 Å². The molecule has 0 bridgehead atoms. The molecule has 0 spiro atoms. The molecule has 2 aromatic rings. The molecule has 5 heteroatoms. The molecular formula is C14H16FN3O. The van der Waals surface area contributed by atoms with Crippen LogP contribution in [0.2, 0.25) is 0 Å². The first-order chi connectivity index (χ1) is 8.79. The van der Waals surface area contributed by atoms with Gasteiger partial charge in [-0.3, -0.25) is 9.78 Å². The van der Waals surface area contributed by atoms with Crippen molar-refractivity contribution in [3.8, 4) is 0 Å². The minimum atomic E-state index is -0.420. The average Bonchev–Trinajstić information content (AvgIpc) is 2.31. The fourth-order valence-electron chi connectivity index (χ4n) is 1.86. The highest BCUT2D eigenvalue weighted by molar-refractivity contribution is 6.09. The second kappa shape index (κ2) is 4.50. The molecule has 0 fully saturated rings. The van der Waals surface area contributed by atoms with E-state index in [-0.39, 0.29) is 11.6 Å². The number of aromatic nitrogens is 1. The number of hydrogen-bond acceptors (Lipinski definition) is 3. The van der Waals surface area contributed by atoms with Crippen molar-refractivity contribution in [3.63, 3.8) is 0 Å². The first kappa shape index (κ1) is 13.3. The molecule has 0 atom stereocenters. The van der Waals surface area contributed by atoms with Gasteiger partial charge in [0.25, 0.3) is 5.91 Å². The molecule has 3 N–H and O–H groups in total. The molecule has 0 unspecified atom stereocenters. The van der Waals surface area contributed by atoms with Gasteiger partial charge in [-0.2, -0.15) is 0 Å². The number of pyridine rings is 1. The van der Waals surface area contributed by atoms with Crippen LogP contribution in [0.1, 0.15) is 31.3 Å². The molecule has 0 radical (unpaired) electrons. The van der Waals surface area contributed by atoms with Crippen molar-refractivity contribution < 1.29 is 9.18 Å². The van der Waals surface area contributed by atoms with E-state index >= 15 is 0 Å². The molecule has 1 aromatic heterocycles. The maximum atomic E-state index is 13.7. The fraction of sp³-hybridized carbons (Fsp3) is 0.286. The van der Waals surface area contributed by atoms with Gasteiger partial charge in [-0.25, -0.2) is 4.39 Å². The highest BCUT2D eigenvalue weighted by Crippen LogP contribution is 2.26. The number of amides is 1. The summed E-state index contributed by atoms with van der Waals surface area (Å²) < 4.78 is 13.7. The number of nitrogens with one attached hydrogen (secondary N) is 1. The van der Waals surface area contributed by atoms with Gasteiger partial charge in [0, 0.05) is 28.2 Å².